The minimum Gasteiger partial charge on any atom is -0.393 e. The van der Waals surface area contributed by atoms with Crippen molar-refractivity contribution in [3.05, 3.63) is 0 Å². The highest BCUT2D eigenvalue weighted by molar-refractivity contribution is 4.79. The lowest BCUT2D eigenvalue weighted by Crippen LogP contribution is -2.44. The maximum absolute atomic E-state index is 9.46. The fourth-order valence-corrected chi connectivity index (χ4v) is 2.00. The van der Waals surface area contributed by atoms with Gasteiger partial charge >= 0.3 is 0 Å². The topological polar surface area (TPSA) is 23.5 Å². The third-order valence-electron chi connectivity index (χ3n) is 3.23. The van der Waals surface area contributed by atoms with Gasteiger partial charge in [-0.2, -0.15) is 0 Å². The normalized spacial score (nSPS) is 33.2. The third-order valence-corrected chi connectivity index (χ3v) is 3.23. The summed E-state index contributed by atoms with van der Waals surface area (Å²) in [6, 6.07) is 0.567. The Hall–Kier alpha value is -0.0800. The number of hydrogen-bond donors (Lipinski definition) is 1. The second-order valence-corrected chi connectivity index (χ2v) is 4.54. The van der Waals surface area contributed by atoms with Crippen LogP contribution in [0.1, 0.15) is 40.0 Å². The molecule has 2 heteroatoms. The highest BCUT2D eigenvalue weighted by Gasteiger charge is 2.24. The highest BCUT2D eigenvalue weighted by Crippen LogP contribution is 2.18. The molecule has 0 aromatic heterocycles. The van der Waals surface area contributed by atoms with E-state index < -0.39 is 0 Å². The molecular formula is C11H23NO. The fourth-order valence-electron chi connectivity index (χ4n) is 2.00. The number of aliphatic hydroxyl groups excluding tert-OH is 1. The summed E-state index contributed by atoms with van der Waals surface area (Å²) < 4.78 is 0. The van der Waals surface area contributed by atoms with Crippen LogP contribution in [0.25, 0.3) is 0 Å². The summed E-state index contributed by atoms with van der Waals surface area (Å²) in [6.07, 6.45) is 3.12. The smallest absolute Gasteiger partial charge is 0.0567 e. The van der Waals surface area contributed by atoms with Crippen molar-refractivity contribution >= 4 is 0 Å². The van der Waals surface area contributed by atoms with Crippen molar-refractivity contribution in [2.45, 2.75) is 52.2 Å². The molecule has 0 aliphatic carbocycles. The van der Waals surface area contributed by atoms with Crippen LogP contribution in [0.3, 0.4) is 0 Å². The van der Waals surface area contributed by atoms with Crippen LogP contribution in [0.2, 0.25) is 0 Å². The van der Waals surface area contributed by atoms with Gasteiger partial charge in [0, 0.05) is 19.1 Å². The fraction of sp³-hybridized carbons (Fsp3) is 1.00. The van der Waals surface area contributed by atoms with E-state index in [1.54, 1.807) is 0 Å². The standard InChI is InChI=1S/C11H23NO/c1-4-9(2)8-12-6-5-11(13)7-10(12)3/h9-11,13H,4-8H2,1-3H3/t9?,10-,11-/m0/s1. The first-order valence-electron chi connectivity index (χ1n) is 5.55. The molecule has 1 rings (SSSR count). The van der Waals surface area contributed by atoms with Gasteiger partial charge in [0.15, 0.2) is 0 Å². The molecule has 2 nitrogen and oxygen atoms in total. The maximum Gasteiger partial charge on any atom is 0.0567 e. The molecule has 0 spiro atoms. The van der Waals surface area contributed by atoms with Crippen LogP contribution >= 0.6 is 0 Å². The Labute approximate surface area is 81.9 Å². The van der Waals surface area contributed by atoms with Crippen molar-refractivity contribution in [1.82, 2.24) is 4.90 Å². The lowest BCUT2D eigenvalue weighted by molar-refractivity contribution is 0.0409. The minimum absolute atomic E-state index is 0.0526. The molecule has 0 radical (unpaired) electrons. The van der Waals surface area contributed by atoms with Gasteiger partial charge in [0.25, 0.3) is 0 Å². The molecule has 3 atom stereocenters. The Morgan fingerprint density at radius 1 is 1.54 bits per heavy atom. The van der Waals surface area contributed by atoms with E-state index in [9.17, 15) is 5.11 Å². The molecule has 1 N–H and O–H groups in total. The van der Waals surface area contributed by atoms with Crippen LogP contribution in [0, 0.1) is 5.92 Å². The van der Waals surface area contributed by atoms with E-state index in [1.165, 1.54) is 13.0 Å². The SMILES string of the molecule is CCC(C)CN1CC[C@H](O)C[C@@H]1C. The van der Waals surface area contributed by atoms with E-state index in [0.29, 0.717) is 6.04 Å². The Morgan fingerprint density at radius 2 is 2.23 bits per heavy atom. The van der Waals surface area contributed by atoms with Gasteiger partial charge in [0.05, 0.1) is 6.10 Å². The monoisotopic (exact) mass is 185 g/mol. The van der Waals surface area contributed by atoms with Crippen molar-refractivity contribution in [1.29, 1.82) is 0 Å². The molecule has 1 fully saturated rings. The zero-order valence-corrected chi connectivity index (χ0v) is 9.16. The summed E-state index contributed by atoms with van der Waals surface area (Å²) in [5.74, 6) is 0.790. The largest absolute Gasteiger partial charge is 0.393 e. The molecule has 1 heterocycles. The molecule has 0 amide bonds. The molecule has 0 aromatic rings. The van der Waals surface area contributed by atoms with E-state index in [2.05, 4.69) is 25.7 Å². The van der Waals surface area contributed by atoms with Crippen LogP contribution in [-0.4, -0.2) is 35.2 Å². The second kappa shape index (κ2) is 4.97. The maximum atomic E-state index is 9.46. The predicted octanol–water partition coefficient (Wildman–Crippen LogP) is 1.88. The van der Waals surface area contributed by atoms with Crippen LogP contribution in [0.4, 0.5) is 0 Å². The first kappa shape index (κ1) is 11.0. The molecule has 1 saturated heterocycles. The molecule has 0 aromatic carbocycles. The molecule has 0 bridgehead atoms. The number of rotatable bonds is 3. The van der Waals surface area contributed by atoms with Crippen molar-refractivity contribution in [3.8, 4) is 0 Å². The zero-order valence-electron chi connectivity index (χ0n) is 9.16. The van der Waals surface area contributed by atoms with Crippen molar-refractivity contribution in [2.24, 2.45) is 5.92 Å². The van der Waals surface area contributed by atoms with E-state index in [-0.39, 0.29) is 6.10 Å². The Morgan fingerprint density at radius 3 is 2.77 bits per heavy atom. The Bertz CT molecular complexity index is 149. The van der Waals surface area contributed by atoms with Gasteiger partial charge in [0.2, 0.25) is 0 Å². The number of piperidine rings is 1. The summed E-state index contributed by atoms with van der Waals surface area (Å²) in [4.78, 5) is 2.51. The van der Waals surface area contributed by atoms with Gasteiger partial charge in [-0.05, 0) is 25.7 Å². The van der Waals surface area contributed by atoms with Gasteiger partial charge in [0.1, 0.15) is 0 Å². The third kappa shape index (κ3) is 3.28. The van der Waals surface area contributed by atoms with Gasteiger partial charge in [-0.1, -0.05) is 20.3 Å². The van der Waals surface area contributed by atoms with Gasteiger partial charge < -0.3 is 10.0 Å². The average Bonchev–Trinajstić information content (AvgIpc) is 2.09. The Kier molecular flexibility index (Phi) is 4.20. The summed E-state index contributed by atoms with van der Waals surface area (Å²) in [5.41, 5.74) is 0. The van der Waals surface area contributed by atoms with Gasteiger partial charge in [-0.15, -0.1) is 0 Å². The van der Waals surface area contributed by atoms with E-state index in [0.717, 1.165) is 25.3 Å². The second-order valence-electron chi connectivity index (χ2n) is 4.54. The molecule has 78 valence electrons. The summed E-state index contributed by atoms with van der Waals surface area (Å²) in [5, 5.41) is 9.46. The van der Waals surface area contributed by atoms with Crippen LogP contribution in [-0.2, 0) is 0 Å². The lowest BCUT2D eigenvalue weighted by Gasteiger charge is -2.37. The zero-order chi connectivity index (χ0) is 9.84. The van der Waals surface area contributed by atoms with E-state index >= 15 is 0 Å². The summed E-state index contributed by atoms with van der Waals surface area (Å²) in [7, 11) is 0. The molecule has 0 saturated carbocycles. The van der Waals surface area contributed by atoms with Crippen LogP contribution in [0.15, 0.2) is 0 Å². The van der Waals surface area contributed by atoms with Crippen molar-refractivity contribution < 1.29 is 5.11 Å². The van der Waals surface area contributed by atoms with Gasteiger partial charge in [-0.25, -0.2) is 0 Å². The number of nitrogens with zero attached hydrogens (tertiary/aromatic N) is 1. The predicted molar refractivity (Wildman–Crippen MR) is 55.7 cm³/mol. The molecular weight excluding hydrogens is 162 g/mol. The molecule has 13 heavy (non-hydrogen) atoms. The summed E-state index contributed by atoms with van der Waals surface area (Å²) >= 11 is 0. The van der Waals surface area contributed by atoms with E-state index in [4.69, 9.17) is 0 Å². The van der Waals surface area contributed by atoms with Gasteiger partial charge in [-0.3, -0.25) is 0 Å². The molecule has 1 aliphatic heterocycles. The van der Waals surface area contributed by atoms with Crippen LogP contribution in [0.5, 0.6) is 0 Å². The Balaban J connectivity index is 2.33. The lowest BCUT2D eigenvalue weighted by atomic mass is 9.98. The first-order valence-corrected chi connectivity index (χ1v) is 5.55. The quantitative estimate of drug-likeness (QED) is 0.725. The number of likely N-dealkylation sites (tertiary alicyclic amines) is 1. The number of aliphatic hydroxyl groups is 1. The number of hydrogen-bond acceptors (Lipinski definition) is 2. The van der Waals surface area contributed by atoms with Crippen LogP contribution < -0.4 is 0 Å². The minimum atomic E-state index is -0.0526. The molecule has 1 aliphatic rings. The average molecular weight is 185 g/mol. The highest BCUT2D eigenvalue weighted by atomic mass is 16.3. The van der Waals surface area contributed by atoms with Crippen molar-refractivity contribution in [2.75, 3.05) is 13.1 Å². The summed E-state index contributed by atoms with van der Waals surface area (Å²) in [6.45, 7) is 9.05. The van der Waals surface area contributed by atoms with Crippen molar-refractivity contribution in [3.63, 3.8) is 0 Å². The molecule has 1 unspecified atom stereocenters. The first-order chi connectivity index (χ1) is 6.13. The van der Waals surface area contributed by atoms with E-state index in [1.807, 2.05) is 0 Å².